The number of carbonyl (C=O) groups is 3. The van der Waals surface area contributed by atoms with Crippen LogP contribution in [0.1, 0.15) is 57.0 Å². The van der Waals surface area contributed by atoms with Crippen LogP contribution in [0.25, 0.3) is 0 Å². The Morgan fingerprint density at radius 2 is 1.76 bits per heavy atom. The van der Waals surface area contributed by atoms with Gasteiger partial charge in [0.2, 0.25) is 0 Å². The Bertz CT molecular complexity index is 758. The van der Waals surface area contributed by atoms with Crippen molar-refractivity contribution in [1.29, 1.82) is 5.26 Å². The third kappa shape index (κ3) is 7.57. The molecule has 1 rings (SSSR count). The zero-order chi connectivity index (χ0) is 22.2. The molecule has 7 heteroatoms. The van der Waals surface area contributed by atoms with E-state index < -0.39 is 24.5 Å². The summed E-state index contributed by atoms with van der Waals surface area (Å²) in [6.45, 7) is 9.68. The van der Waals surface area contributed by atoms with E-state index in [0.717, 1.165) is 5.56 Å². The first-order chi connectivity index (χ1) is 13.5. The molecular formula is C22H31N3O4. The quantitative estimate of drug-likeness (QED) is 0.675. The number of carbonyl (C=O) groups excluding carboxylic acids is 3. The number of nitrogens with one attached hydrogen (secondary N) is 1. The second-order valence-electron chi connectivity index (χ2n) is 8.35. The molecule has 1 aromatic carbocycles. The normalized spacial score (nSPS) is 12.1. The van der Waals surface area contributed by atoms with Crippen molar-refractivity contribution in [2.24, 2.45) is 5.92 Å². The van der Waals surface area contributed by atoms with Crippen molar-refractivity contribution in [3.63, 3.8) is 0 Å². The molecular weight excluding hydrogens is 370 g/mol. The van der Waals surface area contributed by atoms with Crippen molar-refractivity contribution in [3.8, 4) is 6.07 Å². The van der Waals surface area contributed by atoms with Gasteiger partial charge in [0.1, 0.15) is 6.04 Å². The Kier molecular flexibility index (Phi) is 8.84. The molecule has 0 unspecified atom stereocenters. The Morgan fingerprint density at radius 3 is 2.24 bits per heavy atom. The molecule has 0 heterocycles. The van der Waals surface area contributed by atoms with E-state index >= 15 is 0 Å². The van der Waals surface area contributed by atoms with Gasteiger partial charge in [0.15, 0.2) is 6.61 Å². The third-order valence-corrected chi connectivity index (χ3v) is 4.54. The van der Waals surface area contributed by atoms with Crippen LogP contribution in [0.2, 0.25) is 0 Å². The highest BCUT2D eigenvalue weighted by atomic mass is 16.5. The standard InChI is InChI=1S/C22H31N3O4/c1-15(2)19(21(28)29-14-18(26)25(6)13-7-12-23)24-20(27)16-8-10-17(11-9-16)22(3,4)5/h8-11,15,19H,7,13-14H2,1-6H3,(H,24,27)/t19-/m0/s1. The zero-order valence-electron chi connectivity index (χ0n) is 18.1. The first-order valence-corrected chi connectivity index (χ1v) is 9.66. The fraction of sp³-hybridized carbons (Fsp3) is 0.545. The van der Waals surface area contributed by atoms with Crippen LogP contribution in [-0.2, 0) is 19.7 Å². The van der Waals surface area contributed by atoms with Crippen LogP contribution in [0.5, 0.6) is 0 Å². The predicted molar refractivity (Wildman–Crippen MR) is 110 cm³/mol. The number of nitrogens with zero attached hydrogens (tertiary/aromatic N) is 2. The van der Waals surface area contributed by atoms with E-state index in [-0.39, 0.29) is 30.2 Å². The van der Waals surface area contributed by atoms with Crippen LogP contribution in [-0.4, -0.2) is 48.9 Å². The molecule has 0 saturated carbocycles. The highest BCUT2D eigenvalue weighted by molar-refractivity contribution is 5.97. The van der Waals surface area contributed by atoms with Crippen molar-refractivity contribution >= 4 is 17.8 Å². The topological polar surface area (TPSA) is 99.5 Å². The average Bonchev–Trinajstić information content (AvgIpc) is 2.66. The number of likely N-dealkylation sites (N-methyl/N-ethyl adjacent to an activating group) is 1. The van der Waals surface area contributed by atoms with Crippen LogP contribution in [0.15, 0.2) is 24.3 Å². The summed E-state index contributed by atoms with van der Waals surface area (Å²) in [6.07, 6.45) is 0.203. The lowest BCUT2D eigenvalue weighted by atomic mass is 9.86. The van der Waals surface area contributed by atoms with Crippen molar-refractivity contribution in [1.82, 2.24) is 10.2 Å². The second kappa shape index (κ2) is 10.6. The van der Waals surface area contributed by atoms with Gasteiger partial charge < -0.3 is 15.0 Å². The van der Waals surface area contributed by atoms with Crippen LogP contribution in [0, 0.1) is 17.2 Å². The molecule has 158 valence electrons. The molecule has 0 aliphatic heterocycles. The molecule has 1 N–H and O–H groups in total. The lowest BCUT2D eigenvalue weighted by molar-refractivity contribution is -0.154. The van der Waals surface area contributed by atoms with Crippen molar-refractivity contribution in [2.75, 3.05) is 20.2 Å². The van der Waals surface area contributed by atoms with E-state index in [4.69, 9.17) is 10.00 Å². The van der Waals surface area contributed by atoms with Crippen molar-refractivity contribution in [2.45, 2.75) is 52.5 Å². The van der Waals surface area contributed by atoms with Gasteiger partial charge in [0.25, 0.3) is 11.8 Å². The monoisotopic (exact) mass is 401 g/mol. The highest BCUT2D eigenvalue weighted by Crippen LogP contribution is 2.22. The molecule has 1 atom stereocenters. The molecule has 0 aliphatic carbocycles. The number of amides is 2. The Balaban J connectivity index is 2.72. The first kappa shape index (κ1) is 24.2. The summed E-state index contributed by atoms with van der Waals surface area (Å²) in [5, 5.41) is 11.3. The number of benzene rings is 1. The maximum atomic E-state index is 12.6. The van der Waals surface area contributed by atoms with Gasteiger partial charge in [0, 0.05) is 19.2 Å². The summed E-state index contributed by atoms with van der Waals surface area (Å²) in [6, 6.07) is 8.33. The predicted octanol–water partition coefficient (Wildman–Crippen LogP) is 2.65. The van der Waals surface area contributed by atoms with E-state index in [0.29, 0.717) is 5.56 Å². The van der Waals surface area contributed by atoms with E-state index in [2.05, 4.69) is 26.1 Å². The maximum Gasteiger partial charge on any atom is 0.329 e. The highest BCUT2D eigenvalue weighted by Gasteiger charge is 2.27. The summed E-state index contributed by atoms with van der Waals surface area (Å²) in [5.41, 5.74) is 1.53. The zero-order valence-corrected chi connectivity index (χ0v) is 18.1. The number of nitriles is 1. The van der Waals surface area contributed by atoms with Crippen molar-refractivity contribution in [3.05, 3.63) is 35.4 Å². The van der Waals surface area contributed by atoms with Crippen molar-refractivity contribution < 1.29 is 19.1 Å². The summed E-state index contributed by atoms with van der Waals surface area (Å²) in [4.78, 5) is 38.3. The van der Waals surface area contributed by atoms with Gasteiger partial charge in [-0.1, -0.05) is 46.8 Å². The lowest BCUT2D eigenvalue weighted by Gasteiger charge is -2.22. The summed E-state index contributed by atoms with van der Waals surface area (Å²) in [5.74, 6) is -1.66. The molecule has 0 saturated heterocycles. The molecule has 1 aromatic rings. The summed E-state index contributed by atoms with van der Waals surface area (Å²) in [7, 11) is 1.54. The van der Waals surface area contributed by atoms with Gasteiger partial charge in [0.05, 0.1) is 12.5 Å². The smallest absolute Gasteiger partial charge is 0.329 e. The fourth-order valence-electron chi connectivity index (χ4n) is 2.52. The molecule has 7 nitrogen and oxygen atoms in total. The van der Waals surface area contributed by atoms with Crippen LogP contribution < -0.4 is 5.32 Å². The minimum atomic E-state index is -0.873. The molecule has 0 spiro atoms. The molecule has 2 amide bonds. The molecule has 0 aromatic heterocycles. The van der Waals surface area contributed by atoms with E-state index in [1.807, 2.05) is 18.2 Å². The van der Waals surface area contributed by atoms with Crippen LogP contribution in [0.4, 0.5) is 0 Å². The molecule has 0 fully saturated rings. The van der Waals surface area contributed by atoms with Gasteiger partial charge in [-0.05, 0) is 29.0 Å². The number of hydrogen-bond acceptors (Lipinski definition) is 5. The third-order valence-electron chi connectivity index (χ3n) is 4.54. The SMILES string of the molecule is CC(C)[C@H](NC(=O)c1ccc(C(C)(C)C)cc1)C(=O)OCC(=O)N(C)CCC#N. The number of ether oxygens (including phenoxy) is 1. The molecule has 0 bridgehead atoms. The van der Waals surface area contributed by atoms with Gasteiger partial charge in [-0.2, -0.15) is 5.26 Å². The van der Waals surface area contributed by atoms with E-state index in [1.165, 1.54) is 11.9 Å². The maximum absolute atomic E-state index is 12.6. The largest absolute Gasteiger partial charge is 0.454 e. The van der Waals surface area contributed by atoms with Crippen LogP contribution in [0.3, 0.4) is 0 Å². The Hall–Kier alpha value is -2.88. The minimum absolute atomic E-state index is 0.0216. The summed E-state index contributed by atoms with van der Waals surface area (Å²) >= 11 is 0. The van der Waals surface area contributed by atoms with E-state index in [9.17, 15) is 14.4 Å². The minimum Gasteiger partial charge on any atom is -0.454 e. The van der Waals surface area contributed by atoms with Gasteiger partial charge in [-0.3, -0.25) is 9.59 Å². The summed E-state index contributed by atoms with van der Waals surface area (Å²) < 4.78 is 5.10. The van der Waals surface area contributed by atoms with E-state index in [1.54, 1.807) is 26.0 Å². The van der Waals surface area contributed by atoms with Gasteiger partial charge >= 0.3 is 5.97 Å². The van der Waals surface area contributed by atoms with Gasteiger partial charge in [-0.25, -0.2) is 4.79 Å². The lowest BCUT2D eigenvalue weighted by Crippen LogP contribution is -2.46. The number of hydrogen-bond donors (Lipinski definition) is 1. The van der Waals surface area contributed by atoms with Crippen LogP contribution >= 0.6 is 0 Å². The fourth-order valence-corrected chi connectivity index (χ4v) is 2.52. The number of rotatable bonds is 8. The Labute approximate surface area is 173 Å². The second-order valence-corrected chi connectivity index (χ2v) is 8.35. The number of esters is 1. The molecule has 0 radical (unpaired) electrons. The average molecular weight is 402 g/mol. The molecule has 29 heavy (non-hydrogen) atoms. The first-order valence-electron chi connectivity index (χ1n) is 9.66. The Morgan fingerprint density at radius 1 is 1.17 bits per heavy atom. The van der Waals surface area contributed by atoms with Gasteiger partial charge in [-0.15, -0.1) is 0 Å². The molecule has 0 aliphatic rings.